The summed E-state index contributed by atoms with van der Waals surface area (Å²) in [5, 5.41) is 20.0. The number of fused-ring (bicyclic) bond motifs is 2. The first-order valence-corrected chi connectivity index (χ1v) is 15.1. The number of unbranched alkanes of at least 4 members (excludes halogenated alkanes) is 1. The molecule has 1 aliphatic rings. The highest BCUT2D eigenvalue weighted by Crippen LogP contribution is 2.40. The summed E-state index contributed by atoms with van der Waals surface area (Å²) in [5.41, 5.74) is -1.55. The number of halogens is 3. The summed E-state index contributed by atoms with van der Waals surface area (Å²) in [5.74, 6) is -2.59. The first kappa shape index (κ1) is 31.0. The van der Waals surface area contributed by atoms with Crippen LogP contribution in [0.1, 0.15) is 42.0 Å². The number of hydrogen-bond donors (Lipinski definition) is 2. The Morgan fingerprint density at radius 3 is 2.32 bits per heavy atom. The Morgan fingerprint density at radius 1 is 0.909 bits per heavy atom. The number of rotatable bonds is 9. The van der Waals surface area contributed by atoms with E-state index in [9.17, 15) is 41.1 Å². The minimum atomic E-state index is -4.77. The number of alkyl halides is 3. The highest BCUT2D eigenvalue weighted by molar-refractivity contribution is 7.89. The molecule has 0 fully saturated rings. The van der Waals surface area contributed by atoms with Crippen molar-refractivity contribution in [3.63, 3.8) is 0 Å². The number of carboxylic acids is 2. The first-order valence-electron chi connectivity index (χ1n) is 13.7. The highest BCUT2D eigenvalue weighted by Gasteiger charge is 2.43. The number of sulfonamides is 1. The zero-order valence-corrected chi connectivity index (χ0v) is 23.9. The van der Waals surface area contributed by atoms with E-state index < -0.39 is 56.9 Å². The molecule has 9 nitrogen and oxygen atoms in total. The molecule has 0 saturated heterocycles. The van der Waals surface area contributed by atoms with Gasteiger partial charge in [-0.1, -0.05) is 54.6 Å². The monoisotopic (exact) mass is 628 g/mol. The molecule has 0 bridgehead atoms. The topological polar surface area (TPSA) is 134 Å². The fraction of sp³-hybridized carbons (Fsp3) is 0.258. The van der Waals surface area contributed by atoms with Gasteiger partial charge in [-0.2, -0.15) is 17.5 Å². The summed E-state index contributed by atoms with van der Waals surface area (Å²) in [6.07, 6.45) is -4.86. The average Bonchev–Trinajstić information content (AvgIpc) is 2.96. The molecular weight excluding hydrogens is 601 g/mol. The van der Waals surface area contributed by atoms with Gasteiger partial charge in [-0.3, -0.25) is 14.2 Å². The maximum Gasteiger partial charge on any atom is 0.416 e. The Labute approximate surface area is 249 Å². The van der Waals surface area contributed by atoms with Crippen LogP contribution in [0.3, 0.4) is 0 Å². The molecule has 4 aromatic rings. The third kappa shape index (κ3) is 5.97. The molecular formula is C31H27F3N2O7S. The minimum absolute atomic E-state index is 0.0398. The Kier molecular flexibility index (Phi) is 8.36. The number of aromatic nitrogens is 1. The summed E-state index contributed by atoms with van der Waals surface area (Å²) < 4.78 is 71.3. The molecule has 1 atom stereocenters. The summed E-state index contributed by atoms with van der Waals surface area (Å²) in [6, 6.07) is 16.2. The predicted octanol–water partition coefficient (Wildman–Crippen LogP) is 5.16. The van der Waals surface area contributed by atoms with Crippen molar-refractivity contribution >= 4 is 32.7 Å². The van der Waals surface area contributed by atoms with Crippen LogP contribution < -0.4 is 5.56 Å². The molecule has 0 radical (unpaired) electrons. The molecule has 44 heavy (non-hydrogen) atoms. The Hall–Kier alpha value is -4.49. The van der Waals surface area contributed by atoms with Crippen LogP contribution in [-0.2, 0) is 32.2 Å². The molecule has 0 saturated carbocycles. The van der Waals surface area contributed by atoms with Gasteiger partial charge in [0.1, 0.15) is 6.04 Å². The average molecular weight is 629 g/mol. The molecule has 3 aromatic carbocycles. The molecule has 1 aliphatic heterocycles. The van der Waals surface area contributed by atoms with E-state index in [4.69, 9.17) is 5.11 Å². The normalized spacial score (nSPS) is 16.5. The summed E-state index contributed by atoms with van der Waals surface area (Å²) in [7, 11) is -4.65. The number of carboxylic acid groups (broad SMARTS) is 2. The maximum absolute atomic E-state index is 14.2. The number of hydrogen-bond acceptors (Lipinski definition) is 5. The van der Waals surface area contributed by atoms with Crippen LogP contribution >= 0.6 is 0 Å². The van der Waals surface area contributed by atoms with E-state index in [-0.39, 0.29) is 48.9 Å². The molecule has 13 heteroatoms. The Balaban J connectivity index is 1.78. The lowest BCUT2D eigenvalue weighted by molar-refractivity contribution is -0.142. The van der Waals surface area contributed by atoms with E-state index in [1.54, 1.807) is 18.2 Å². The summed E-state index contributed by atoms with van der Waals surface area (Å²) >= 11 is 0. The number of benzene rings is 3. The Bertz CT molecular complexity index is 1930. The second kappa shape index (κ2) is 11.9. The third-order valence-electron chi connectivity index (χ3n) is 7.63. The van der Waals surface area contributed by atoms with Crippen LogP contribution in [0.5, 0.6) is 0 Å². The molecule has 0 aliphatic carbocycles. The number of pyridine rings is 1. The first-order chi connectivity index (χ1) is 20.8. The fourth-order valence-corrected chi connectivity index (χ4v) is 7.53. The third-order valence-corrected chi connectivity index (χ3v) is 9.54. The van der Waals surface area contributed by atoms with Gasteiger partial charge in [0.2, 0.25) is 0 Å². The number of aliphatic carboxylic acids is 2. The van der Waals surface area contributed by atoms with Gasteiger partial charge in [0.25, 0.3) is 15.6 Å². The van der Waals surface area contributed by atoms with Crippen molar-refractivity contribution in [1.82, 2.24) is 8.87 Å². The van der Waals surface area contributed by atoms with E-state index >= 15 is 0 Å². The SMILES string of the molecule is O=C(O)CCCCN1CC(C(=O)O)n2c(c(-c3cccc(C(F)(F)F)c3)c(Cc3cccc4ccccc34)cc2=O)S1(=O)=O. The minimum Gasteiger partial charge on any atom is -0.481 e. The van der Waals surface area contributed by atoms with Gasteiger partial charge in [0.05, 0.1) is 5.56 Å². The van der Waals surface area contributed by atoms with Crippen LogP contribution in [-0.4, -0.2) is 52.5 Å². The highest BCUT2D eigenvalue weighted by atomic mass is 32.2. The molecule has 0 spiro atoms. The van der Waals surface area contributed by atoms with Gasteiger partial charge in [-0.15, -0.1) is 0 Å². The summed E-state index contributed by atoms with van der Waals surface area (Å²) in [4.78, 5) is 36.9. The lowest BCUT2D eigenvalue weighted by atomic mass is 9.93. The van der Waals surface area contributed by atoms with Crippen LogP contribution in [0.15, 0.2) is 82.6 Å². The van der Waals surface area contributed by atoms with E-state index in [0.717, 1.165) is 39.3 Å². The zero-order valence-electron chi connectivity index (χ0n) is 23.1. The lowest BCUT2D eigenvalue weighted by Crippen LogP contribution is -2.50. The molecule has 2 heterocycles. The van der Waals surface area contributed by atoms with E-state index in [0.29, 0.717) is 10.1 Å². The van der Waals surface area contributed by atoms with Crippen molar-refractivity contribution < 1.29 is 41.4 Å². The Morgan fingerprint density at radius 2 is 1.61 bits per heavy atom. The molecule has 230 valence electrons. The van der Waals surface area contributed by atoms with Gasteiger partial charge in [-0.05, 0) is 58.9 Å². The van der Waals surface area contributed by atoms with E-state index in [2.05, 4.69) is 0 Å². The van der Waals surface area contributed by atoms with Crippen LogP contribution in [0.25, 0.3) is 21.9 Å². The standard InChI is InChI=1S/C31H27F3N2O7S/c32-31(33,34)23-11-6-10-21(16-23)28-22(15-20-9-5-8-19-7-1-2-12-24(19)20)17-26(37)36-25(30(40)41)18-35(44(42,43)29(28)36)14-4-3-13-27(38)39/h1-2,5-12,16-17,25H,3-4,13-15,18H2,(H,38,39)(H,40,41). The van der Waals surface area contributed by atoms with Crippen molar-refractivity contribution in [2.45, 2.75) is 42.9 Å². The smallest absolute Gasteiger partial charge is 0.416 e. The van der Waals surface area contributed by atoms with E-state index in [1.165, 1.54) is 6.07 Å². The van der Waals surface area contributed by atoms with Crippen molar-refractivity contribution in [2.24, 2.45) is 0 Å². The second-order valence-corrected chi connectivity index (χ2v) is 12.4. The molecule has 2 N–H and O–H groups in total. The summed E-state index contributed by atoms with van der Waals surface area (Å²) in [6.45, 7) is -0.856. The van der Waals surface area contributed by atoms with Crippen molar-refractivity contribution in [3.05, 3.63) is 99.8 Å². The van der Waals surface area contributed by atoms with Crippen molar-refractivity contribution in [2.75, 3.05) is 13.1 Å². The second-order valence-electron chi connectivity index (χ2n) is 10.5. The van der Waals surface area contributed by atoms with Crippen molar-refractivity contribution in [1.29, 1.82) is 0 Å². The molecule has 0 amide bonds. The largest absolute Gasteiger partial charge is 0.481 e. The van der Waals surface area contributed by atoms with Crippen molar-refractivity contribution in [3.8, 4) is 11.1 Å². The van der Waals surface area contributed by atoms with Gasteiger partial charge < -0.3 is 10.2 Å². The van der Waals surface area contributed by atoms with Gasteiger partial charge in [-0.25, -0.2) is 13.2 Å². The van der Waals surface area contributed by atoms with Gasteiger partial charge in [0, 0.05) is 31.1 Å². The zero-order chi connectivity index (χ0) is 31.8. The van der Waals surface area contributed by atoms with E-state index in [1.807, 2.05) is 24.3 Å². The fourth-order valence-electron chi connectivity index (χ4n) is 5.61. The van der Waals surface area contributed by atoms with Gasteiger partial charge in [0.15, 0.2) is 5.03 Å². The molecule has 5 rings (SSSR count). The van der Waals surface area contributed by atoms with Crippen LogP contribution in [0.4, 0.5) is 13.2 Å². The molecule has 1 unspecified atom stereocenters. The maximum atomic E-state index is 14.2. The lowest BCUT2D eigenvalue weighted by Gasteiger charge is -2.35. The predicted molar refractivity (Wildman–Crippen MR) is 155 cm³/mol. The number of nitrogens with zero attached hydrogens (tertiary/aromatic N) is 2. The number of carbonyl (C=O) groups is 2. The molecule has 1 aromatic heterocycles. The van der Waals surface area contributed by atoms with Crippen LogP contribution in [0.2, 0.25) is 0 Å². The quantitative estimate of drug-likeness (QED) is 0.245. The van der Waals surface area contributed by atoms with Crippen LogP contribution in [0, 0.1) is 0 Å². The van der Waals surface area contributed by atoms with Gasteiger partial charge >= 0.3 is 18.1 Å².